The van der Waals surface area contributed by atoms with Crippen LogP contribution < -0.4 is 20.5 Å². The van der Waals surface area contributed by atoms with Crippen molar-refractivity contribution in [2.24, 2.45) is 0 Å². The Bertz CT molecular complexity index is 961. The predicted molar refractivity (Wildman–Crippen MR) is 112 cm³/mol. The SMILES string of the molecule is COc1ccccc1N1CCN(C(=O)Cn2c(C)ccc(NC(C)=O)c2=O)CC1. The lowest BCUT2D eigenvalue weighted by molar-refractivity contribution is -0.132. The summed E-state index contributed by atoms with van der Waals surface area (Å²) < 4.78 is 6.83. The van der Waals surface area contributed by atoms with Gasteiger partial charge in [-0.3, -0.25) is 14.4 Å². The molecule has 8 heteroatoms. The molecule has 1 saturated heterocycles. The highest BCUT2D eigenvalue weighted by molar-refractivity contribution is 5.88. The summed E-state index contributed by atoms with van der Waals surface area (Å²) in [6.07, 6.45) is 0. The minimum Gasteiger partial charge on any atom is -0.495 e. The standard InChI is InChI=1S/C21H26N4O4/c1-15-8-9-17(22-16(2)26)21(28)25(15)14-20(27)24-12-10-23(11-13-24)18-6-4-5-7-19(18)29-3/h4-9H,10-14H2,1-3H3,(H,22,26). The Labute approximate surface area is 169 Å². The summed E-state index contributed by atoms with van der Waals surface area (Å²) in [6, 6.07) is 11.1. The molecular weight excluding hydrogens is 372 g/mol. The van der Waals surface area contributed by atoms with Crippen LogP contribution in [0.5, 0.6) is 5.75 Å². The van der Waals surface area contributed by atoms with Crippen molar-refractivity contribution < 1.29 is 14.3 Å². The molecule has 1 aliphatic heterocycles. The van der Waals surface area contributed by atoms with E-state index >= 15 is 0 Å². The molecule has 1 aromatic carbocycles. The van der Waals surface area contributed by atoms with E-state index < -0.39 is 0 Å². The number of piperazine rings is 1. The Morgan fingerprint density at radius 3 is 2.41 bits per heavy atom. The molecule has 0 unspecified atom stereocenters. The first-order valence-corrected chi connectivity index (χ1v) is 9.54. The van der Waals surface area contributed by atoms with Gasteiger partial charge in [0, 0.05) is 38.8 Å². The number of amides is 2. The number of hydrogen-bond donors (Lipinski definition) is 1. The molecule has 0 atom stereocenters. The average molecular weight is 398 g/mol. The van der Waals surface area contributed by atoms with Gasteiger partial charge >= 0.3 is 0 Å². The third kappa shape index (κ3) is 4.59. The topological polar surface area (TPSA) is 83.9 Å². The molecule has 2 aromatic rings. The number of aryl methyl sites for hydroxylation is 1. The molecule has 1 aromatic heterocycles. The summed E-state index contributed by atoms with van der Waals surface area (Å²) in [4.78, 5) is 40.6. The van der Waals surface area contributed by atoms with E-state index in [-0.39, 0.29) is 29.6 Å². The number of hydrogen-bond acceptors (Lipinski definition) is 5. The lowest BCUT2D eigenvalue weighted by atomic mass is 10.2. The summed E-state index contributed by atoms with van der Waals surface area (Å²) >= 11 is 0. The van der Waals surface area contributed by atoms with Crippen LogP contribution >= 0.6 is 0 Å². The van der Waals surface area contributed by atoms with Gasteiger partial charge in [-0.25, -0.2) is 0 Å². The Morgan fingerprint density at radius 1 is 1.07 bits per heavy atom. The van der Waals surface area contributed by atoms with E-state index in [2.05, 4.69) is 10.2 Å². The summed E-state index contributed by atoms with van der Waals surface area (Å²) in [6.45, 7) is 5.57. The third-order valence-corrected chi connectivity index (χ3v) is 5.05. The summed E-state index contributed by atoms with van der Waals surface area (Å²) in [5.41, 5.74) is 1.49. The van der Waals surface area contributed by atoms with Crippen molar-refractivity contribution in [2.45, 2.75) is 20.4 Å². The summed E-state index contributed by atoms with van der Waals surface area (Å²) in [5.74, 6) is 0.371. The number of carbonyl (C=O) groups is 2. The number of aromatic nitrogens is 1. The Balaban J connectivity index is 1.68. The Hall–Kier alpha value is -3.29. The second kappa shape index (κ2) is 8.81. The van der Waals surface area contributed by atoms with Crippen molar-refractivity contribution in [2.75, 3.05) is 43.5 Å². The minimum absolute atomic E-state index is 0.0489. The molecule has 3 rings (SSSR count). The molecule has 0 aliphatic carbocycles. The molecule has 2 amide bonds. The number of pyridine rings is 1. The normalized spacial score (nSPS) is 13.9. The van der Waals surface area contributed by atoms with Gasteiger partial charge in [0.25, 0.3) is 5.56 Å². The quantitative estimate of drug-likeness (QED) is 0.825. The van der Waals surface area contributed by atoms with Crippen molar-refractivity contribution in [3.05, 3.63) is 52.4 Å². The number of carbonyl (C=O) groups excluding carboxylic acids is 2. The van der Waals surface area contributed by atoms with Crippen molar-refractivity contribution in [3.63, 3.8) is 0 Å². The largest absolute Gasteiger partial charge is 0.495 e. The maximum Gasteiger partial charge on any atom is 0.274 e. The van der Waals surface area contributed by atoms with Gasteiger partial charge in [-0.15, -0.1) is 0 Å². The van der Waals surface area contributed by atoms with E-state index in [1.807, 2.05) is 24.3 Å². The molecule has 0 spiro atoms. The van der Waals surface area contributed by atoms with Gasteiger partial charge in [0.15, 0.2) is 0 Å². The lowest BCUT2D eigenvalue weighted by Gasteiger charge is -2.36. The second-order valence-electron chi connectivity index (χ2n) is 7.00. The maximum atomic E-state index is 12.8. The molecule has 0 saturated carbocycles. The van der Waals surface area contributed by atoms with Crippen molar-refractivity contribution >= 4 is 23.2 Å². The maximum absolute atomic E-state index is 12.8. The smallest absolute Gasteiger partial charge is 0.274 e. The zero-order valence-corrected chi connectivity index (χ0v) is 17.0. The van der Waals surface area contributed by atoms with Crippen LogP contribution in [0, 0.1) is 6.92 Å². The fourth-order valence-electron chi connectivity index (χ4n) is 3.48. The second-order valence-corrected chi connectivity index (χ2v) is 7.00. The van der Waals surface area contributed by atoms with Crippen LogP contribution in [0.3, 0.4) is 0 Å². The predicted octanol–water partition coefficient (Wildman–Crippen LogP) is 1.47. The summed E-state index contributed by atoms with van der Waals surface area (Å²) in [5, 5.41) is 2.51. The Morgan fingerprint density at radius 2 is 1.76 bits per heavy atom. The van der Waals surface area contributed by atoms with E-state index in [0.29, 0.717) is 31.9 Å². The number of ether oxygens (including phenoxy) is 1. The van der Waals surface area contributed by atoms with E-state index in [1.165, 1.54) is 11.5 Å². The lowest BCUT2D eigenvalue weighted by Crippen LogP contribution is -2.50. The molecule has 0 bridgehead atoms. The number of methoxy groups -OCH3 is 1. The van der Waals surface area contributed by atoms with Crippen molar-refractivity contribution in [3.8, 4) is 5.75 Å². The van der Waals surface area contributed by atoms with Crippen LogP contribution in [0.1, 0.15) is 12.6 Å². The number of nitrogens with one attached hydrogen (secondary N) is 1. The molecule has 2 heterocycles. The number of benzene rings is 1. The third-order valence-electron chi connectivity index (χ3n) is 5.05. The van der Waals surface area contributed by atoms with Crippen molar-refractivity contribution in [1.82, 2.24) is 9.47 Å². The number of para-hydroxylation sites is 2. The zero-order chi connectivity index (χ0) is 21.0. The van der Waals surface area contributed by atoms with Crippen LogP contribution in [0.15, 0.2) is 41.2 Å². The number of anilines is 2. The van der Waals surface area contributed by atoms with Crippen LogP contribution in [-0.4, -0.2) is 54.6 Å². The molecule has 1 fully saturated rings. The number of nitrogens with zero attached hydrogens (tertiary/aromatic N) is 3. The highest BCUT2D eigenvalue weighted by Gasteiger charge is 2.23. The molecule has 8 nitrogen and oxygen atoms in total. The monoisotopic (exact) mass is 398 g/mol. The fourth-order valence-corrected chi connectivity index (χ4v) is 3.48. The van der Waals surface area contributed by atoms with E-state index in [0.717, 1.165) is 11.4 Å². The zero-order valence-electron chi connectivity index (χ0n) is 17.0. The van der Waals surface area contributed by atoms with E-state index in [1.54, 1.807) is 31.1 Å². The molecule has 1 N–H and O–H groups in total. The molecule has 0 radical (unpaired) electrons. The van der Waals surface area contributed by atoms with Crippen molar-refractivity contribution in [1.29, 1.82) is 0 Å². The minimum atomic E-state index is -0.374. The van der Waals surface area contributed by atoms with Gasteiger partial charge in [-0.2, -0.15) is 0 Å². The first kappa shape index (κ1) is 20.4. The first-order valence-electron chi connectivity index (χ1n) is 9.54. The van der Waals surface area contributed by atoms with Gasteiger partial charge in [0.05, 0.1) is 12.8 Å². The molecular formula is C21H26N4O4. The van der Waals surface area contributed by atoms with Gasteiger partial charge in [-0.1, -0.05) is 12.1 Å². The fraction of sp³-hybridized carbons (Fsp3) is 0.381. The molecule has 1 aliphatic rings. The van der Waals surface area contributed by atoms with Crippen LogP contribution in [0.25, 0.3) is 0 Å². The van der Waals surface area contributed by atoms with Crippen LogP contribution in [0.4, 0.5) is 11.4 Å². The molecule has 29 heavy (non-hydrogen) atoms. The van der Waals surface area contributed by atoms with Crippen LogP contribution in [0.2, 0.25) is 0 Å². The van der Waals surface area contributed by atoms with E-state index in [9.17, 15) is 14.4 Å². The van der Waals surface area contributed by atoms with Gasteiger partial charge < -0.3 is 24.4 Å². The van der Waals surface area contributed by atoms with Gasteiger partial charge in [0.2, 0.25) is 11.8 Å². The summed E-state index contributed by atoms with van der Waals surface area (Å²) in [7, 11) is 1.65. The Kier molecular flexibility index (Phi) is 6.21. The average Bonchev–Trinajstić information content (AvgIpc) is 2.73. The van der Waals surface area contributed by atoms with Gasteiger partial charge in [-0.05, 0) is 31.2 Å². The first-order chi connectivity index (χ1) is 13.9. The highest BCUT2D eigenvalue weighted by Crippen LogP contribution is 2.28. The molecule has 154 valence electrons. The van der Waals surface area contributed by atoms with Crippen LogP contribution in [-0.2, 0) is 16.1 Å². The number of rotatable bonds is 5. The van der Waals surface area contributed by atoms with E-state index in [4.69, 9.17) is 4.74 Å². The van der Waals surface area contributed by atoms with Gasteiger partial charge in [0.1, 0.15) is 18.0 Å². The highest BCUT2D eigenvalue weighted by atomic mass is 16.5.